The quantitative estimate of drug-likeness (QED) is 0.526. The van der Waals surface area contributed by atoms with Gasteiger partial charge in [-0.3, -0.25) is 19.3 Å². The van der Waals surface area contributed by atoms with E-state index in [1.807, 2.05) is 54.6 Å². The standard InChI is InChI=1S/C25H30N2O5/c1-17(24(29)30)14-21(26-23(28)16-27-13-5-8-22(27)25(31)32)15-18-9-11-20(12-10-18)19-6-3-2-4-7-19/h2-4,6-7,9-12,17,21-22H,5,8,13-16H2,1H3,(H,26,28)(H,29,30)(H,31,32). The summed E-state index contributed by atoms with van der Waals surface area (Å²) in [7, 11) is 0. The molecule has 0 saturated carbocycles. The summed E-state index contributed by atoms with van der Waals surface area (Å²) >= 11 is 0. The maximum Gasteiger partial charge on any atom is 0.320 e. The van der Waals surface area contributed by atoms with Gasteiger partial charge in [-0.05, 0) is 48.9 Å². The van der Waals surface area contributed by atoms with Crippen LogP contribution >= 0.6 is 0 Å². The monoisotopic (exact) mass is 438 g/mol. The van der Waals surface area contributed by atoms with Gasteiger partial charge in [0.1, 0.15) is 6.04 Å². The lowest BCUT2D eigenvalue weighted by atomic mass is 9.95. The topological polar surface area (TPSA) is 107 Å². The van der Waals surface area contributed by atoms with Crippen LogP contribution in [0.25, 0.3) is 11.1 Å². The molecule has 2 aromatic carbocycles. The second kappa shape index (κ2) is 10.9. The highest BCUT2D eigenvalue weighted by Gasteiger charge is 2.32. The largest absolute Gasteiger partial charge is 0.481 e. The van der Waals surface area contributed by atoms with Gasteiger partial charge >= 0.3 is 11.9 Å². The number of nitrogens with zero attached hydrogens (tertiary/aromatic N) is 1. The molecule has 0 spiro atoms. The first-order chi connectivity index (χ1) is 15.3. The van der Waals surface area contributed by atoms with E-state index in [0.717, 1.165) is 23.1 Å². The van der Waals surface area contributed by atoms with E-state index < -0.39 is 23.9 Å². The minimum Gasteiger partial charge on any atom is -0.481 e. The third-order valence-electron chi connectivity index (χ3n) is 5.96. The van der Waals surface area contributed by atoms with Crippen molar-refractivity contribution < 1.29 is 24.6 Å². The molecule has 1 aliphatic heterocycles. The zero-order valence-electron chi connectivity index (χ0n) is 18.2. The SMILES string of the molecule is CC(CC(Cc1ccc(-c2ccccc2)cc1)NC(=O)CN1CCCC1C(=O)O)C(=O)O. The lowest BCUT2D eigenvalue weighted by molar-refractivity contribution is -0.143. The summed E-state index contributed by atoms with van der Waals surface area (Å²) in [5.41, 5.74) is 3.20. The van der Waals surface area contributed by atoms with Gasteiger partial charge in [0.05, 0.1) is 12.5 Å². The summed E-state index contributed by atoms with van der Waals surface area (Å²) in [5, 5.41) is 21.6. The number of amides is 1. The van der Waals surface area contributed by atoms with Crippen LogP contribution in [0.4, 0.5) is 0 Å². The van der Waals surface area contributed by atoms with Crippen LogP contribution in [0.5, 0.6) is 0 Å². The molecule has 7 heteroatoms. The van der Waals surface area contributed by atoms with Crippen molar-refractivity contribution in [2.75, 3.05) is 13.1 Å². The summed E-state index contributed by atoms with van der Waals surface area (Å²) in [6, 6.07) is 17.0. The van der Waals surface area contributed by atoms with Crippen LogP contribution in [0.2, 0.25) is 0 Å². The third-order valence-corrected chi connectivity index (χ3v) is 5.96. The fourth-order valence-corrected chi connectivity index (χ4v) is 4.22. The van der Waals surface area contributed by atoms with Crippen LogP contribution in [0.15, 0.2) is 54.6 Å². The van der Waals surface area contributed by atoms with Crippen molar-refractivity contribution in [3.63, 3.8) is 0 Å². The lowest BCUT2D eigenvalue weighted by Gasteiger charge is -2.24. The summed E-state index contributed by atoms with van der Waals surface area (Å²) in [4.78, 5) is 37.1. The Hall–Kier alpha value is -3.19. The Labute approximate surface area is 188 Å². The Morgan fingerprint density at radius 2 is 1.69 bits per heavy atom. The number of carboxylic acids is 2. The fourth-order valence-electron chi connectivity index (χ4n) is 4.22. The molecule has 1 aliphatic rings. The van der Waals surface area contributed by atoms with Crippen molar-refractivity contribution in [2.45, 2.75) is 44.7 Å². The number of rotatable bonds is 10. The maximum atomic E-state index is 12.7. The van der Waals surface area contributed by atoms with Crippen molar-refractivity contribution in [1.29, 1.82) is 0 Å². The highest BCUT2D eigenvalue weighted by Crippen LogP contribution is 2.21. The second-order valence-corrected chi connectivity index (χ2v) is 8.47. The highest BCUT2D eigenvalue weighted by atomic mass is 16.4. The Bertz CT molecular complexity index is 929. The van der Waals surface area contributed by atoms with Crippen molar-refractivity contribution in [3.8, 4) is 11.1 Å². The van der Waals surface area contributed by atoms with E-state index in [1.165, 1.54) is 0 Å². The normalized spacial score (nSPS) is 18.1. The molecule has 1 fully saturated rings. The molecule has 3 rings (SSSR count). The number of hydrogen-bond acceptors (Lipinski definition) is 4. The third kappa shape index (κ3) is 6.40. The molecule has 1 heterocycles. The summed E-state index contributed by atoms with van der Waals surface area (Å²) < 4.78 is 0. The van der Waals surface area contributed by atoms with Crippen LogP contribution in [0.1, 0.15) is 31.7 Å². The van der Waals surface area contributed by atoms with Crippen molar-refractivity contribution >= 4 is 17.8 Å². The summed E-state index contributed by atoms with van der Waals surface area (Å²) in [6.45, 7) is 2.20. The van der Waals surface area contributed by atoms with Gasteiger partial charge < -0.3 is 15.5 Å². The predicted octanol–water partition coefficient (Wildman–Crippen LogP) is 3.04. The van der Waals surface area contributed by atoms with Crippen LogP contribution in [0.3, 0.4) is 0 Å². The van der Waals surface area contributed by atoms with Crippen molar-refractivity contribution in [3.05, 3.63) is 60.2 Å². The first-order valence-electron chi connectivity index (χ1n) is 11.0. The molecule has 2 aromatic rings. The van der Waals surface area contributed by atoms with Gasteiger partial charge in [0.15, 0.2) is 0 Å². The van der Waals surface area contributed by atoms with Crippen LogP contribution in [0, 0.1) is 5.92 Å². The molecule has 0 aliphatic carbocycles. The minimum absolute atomic E-state index is 0.00185. The molecule has 0 radical (unpaired) electrons. The Balaban J connectivity index is 1.66. The predicted molar refractivity (Wildman–Crippen MR) is 121 cm³/mol. The molecule has 7 nitrogen and oxygen atoms in total. The van der Waals surface area contributed by atoms with E-state index >= 15 is 0 Å². The number of carbonyl (C=O) groups excluding carboxylic acids is 1. The van der Waals surface area contributed by atoms with Gasteiger partial charge in [-0.25, -0.2) is 0 Å². The number of nitrogens with one attached hydrogen (secondary N) is 1. The molecule has 3 N–H and O–H groups in total. The van der Waals surface area contributed by atoms with E-state index in [1.54, 1.807) is 11.8 Å². The minimum atomic E-state index is -0.912. The van der Waals surface area contributed by atoms with Crippen LogP contribution < -0.4 is 5.32 Å². The Morgan fingerprint density at radius 3 is 2.31 bits per heavy atom. The number of benzene rings is 2. The zero-order valence-corrected chi connectivity index (χ0v) is 18.2. The average Bonchev–Trinajstić information content (AvgIpc) is 3.23. The summed E-state index contributed by atoms with van der Waals surface area (Å²) in [5.74, 6) is -2.71. The van der Waals surface area contributed by atoms with E-state index in [0.29, 0.717) is 25.8 Å². The van der Waals surface area contributed by atoms with Gasteiger partial charge in [0.25, 0.3) is 0 Å². The first-order valence-corrected chi connectivity index (χ1v) is 11.0. The molecule has 1 saturated heterocycles. The molecule has 0 bridgehead atoms. The average molecular weight is 439 g/mol. The molecule has 32 heavy (non-hydrogen) atoms. The van der Waals surface area contributed by atoms with Crippen LogP contribution in [-0.2, 0) is 20.8 Å². The van der Waals surface area contributed by atoms with Crippen molar-refractivity contribution in [1.82, 2.24) is 10.2 Å². The molecule has 170 valence electrons. The lowest BCUT2D eigenvalue weighted by Crippen LogP contribution is -2.46. The maximum absolute atomic E-state index is 12.7. The highest BCUT2D eigenvalue weighted by molar-refractivity contribution is 5.80. The van der Waals surface area contributed by atoms with Gasteiger partial charge in [-0.1, -0.05) is 61.5 Å². The Kier molecular flexibility index (Phi) is 8.00. The molecule has 3 atom stereocenters. The number of carboxylic acid groups (broad SMARTS) is 2. The molecule has 3 unspecified atom stereocenters. The molecule has 1 amide bonds. The van der Waals surface area contributed by atoms with E-state index in [4.69, 9.17) is 0 Å². The van der Waals surface area contributed by atoms with Gasteiger partial charge in [0.2, 0.25) is 5.91 Å². The molecular weight excluding hydrogens is 408 g/mol. The van der Waals surface area contributed by atoms with Crippen molar-refractivity contribution in [2.24, 2.45) is 5.92 Å². The van der Waals surface area contributed by atoms with E-state index in [-0.39, 0.29) is 18.5 Å². The fraction of sp³-hybridized carbons (Fsp3) is 0.400. The Morgan fingerprint density at radius 1 is 1.03 bits per heavy atom. The molecular formula is C25H30N2O5. The number of likely N-dealkylation sites (tertiary alicyclic amines) is 1. The number of aliphatic carboxylic acids is 2. The zero-order chi connectivity index (χ0) is 23.1. The first kappa shape index (κ1) is 23.5. The van der Waals surface area contributed by atoms with E-state index in [2.05, 4.69) is 5.32 Å². The summed E-state index contributed by atoms with van der Waals surface area (Å²) in [6.07, 6.45) is 2.08. The van der Waals surface area contributed by atoms with E-state index in [9.17, 15) is 24.6 Å². The molecule has 0 aromatic heterocycles. The van der Waals surface area contributed by atoms with Gasteiger partial charge in [-0.15, -0.1) is 0 Å². The van der Waals surface area contributed by atoms with Gasteiger partial charge in [0, 0.05) is 6.04 Å². The van der Waals surface area contributed by atoms with Crippen LogP contribution in [-0.4, -0.2) is 58.1 Å². The smallest absolute Gasteiger partial charge is 0.320 e. The number of hydrogen-bond donors (Lipinski definition) is 3. The van der Waals surface area contributed by atoms with Gasteiger partial charge in [-0.2, -0.15) is 0 Å². The second-order valence-electron chi connectivity index (χ2n) is 8.47. The number of carbonyl (C=O) groups is 3.